The predicted octanol–water partition coefficient (Wildman–Crippen LogP) is 6.37. The first-order chi connectivity index (χ1) is 18.3. The number of nitrogens with zero attached hydrogens (tertiary/aromatic N) is 2. The number of carbonyl (C=O) groups excluding carboxylic acids is 1. The fourth-order valence-corrected chi connectivity index (χ4v) is 4.91. The molecule has 3 aromatic rings. The number of methoxy groups -OCH3 is 1. The first-order valence-corrected chi connectivity index (χ1v) is 13.5. The third-order valence-electron chi connectivity index (χ3n) is 6.58. The van der Waals surface area contributed by atoms with Crippen molar-refractivity contribution in [2.75, 3.05) is 26.9 Å². The van der Waals surface area contributed by atoms with Gasteiger partial charge in [-0.25, -0.2) is 0 Å². The molecule has 2 N–H and O–H groups in total. The van der Waals surface area contributed by atoms with Crippen molar-refractivity contribution < 1.29 is 24.1 Å². The molecule has 1 aromatic heterocycles. The Balaban J connectivity index is 1.73. The van der Waals surface area contributed by atoms with Crippen molar-refractivity contribution in [2.45, 2.75) is 58.6 Å². The van der Waals surface area contributed by atoms with Gasteiger partial charge in [-0.15, -0.1) is 0 Å². The zero-order valence-corrected chi connectivity index (χ0v) is 23.2. The number of halogens is 1. The number of phenolic OH excluding ortho intramolecular Hbond substituents is 1. The minimum Gasteiger partial charge on any atom is -0.507 e. The number of hydrogen-bond donors (Lipinski definition) is 2. The standard InChI is InChI=1S/C29H36ClN3O5/c1-5-6-7-14-38-23-12-9-19(16-24(23)36-4)28-25-26(21-17-20(30)10-11-22(21)34)31-32-27(25)29(35)33(28)13-8-15-37-18(2)3/h9-12,16-18,28,34H,5-8,13-15H2,1-4H3,(H,31,32). The molecule has 0 saturated carbocycles. The summed E-state index contributed by atoms with van der Waals surface area (Å²) >= 11 is 6.25. The predicted molar refractivity (Wildman–Crippen MR) is 147 cm³/mol. The van der Waals surface area contributed by atoms with Crippen molar-refractivity contribution in [3.8, 4) is 28.5 Å². The molecule has 4 rings (SSSR count). The Hall–Kier alpha value is -3.23. The highest BCUT2D eigenvalue weighted by molar-refractivity contribution is 6.31. The number of phenols is 1. The monoisotopic (exact) mass is 541 g/mol. The SMILES string of the molecule is CCCCCOc1ccc(C2c3c(-c4cc(Cl)ccc4O)n[nH]c3C(=O)N2CCCOC(C)C)cc1OC. The van der Waals surface area contributed by atoms with Crippen molar-refractivity contribution >= 4 is 17.5 Å². The van der Waals surface area contributed by atoms with Gasteiger partial charge in [0.25, 0.3) is 5.91 Å². The molecular weight excluding hydrogens is 506 g/mol. The zero-order valence-electron chi connectivity index (χ0n) is 22.4. The molecule has 8 nitrogen and oxygen atoms in total. The molecule has 1 atom stereocenters. The molecule has 0 fully saturated rings. The lowest BCUT2D eigenvalue weighted by Gasteiger charge is -2.27. The maximum Gasteiger partial charge on any atom is 0.273 e. The van der Waals surface area contributed by atoms with Gasteiger partial charge in [-0.05, 0) is 62.6 Å². The number of amides is 1. The molecule has 1 aliphatic heterocycles. The second kappa shape index (κ2) is 12.5. The van der Waals surface area contributed by atoms with Crippen LogP contribution in [0.15, 0.2) is 36.4 Å². The first-order valence-electron chi connectivity index (χ1n) is 13.2. The molecule has 0 saturated heterocycles. The Morgan fingerprint density at radius 2 is 1.92 bits per heavy atom. The molecule has 1 aliphatic rings. The molecule has 0 spiro atoms. The number of benzene rings is 2. The number of carbonyl (C=O) groups is 1. The molecule has 38 heavy (non-hydrogen) atoms. The lowest BCUT2D eigenvalue weighted by molar-refractivity contribution is 0.0601. The van der Waals surface area contributed by atoms with Gasteiger partial charge in [-0.1, -0.05) is 37.4 Å². The molecular formula is C29H36ClN3O5. The summed E-state index contributed by atoms with van der Waals surface area (Å²) in [5.74, 6) is 1.13. The number of nitrogens with one attached hydrogen (secondary N) is 1. The quantitative estimate of drug-likeness (QED) is 0.244. The average Bonchev–Trinajstić information content (AvgIpc) is 3.44. The summed E-state index contributed by atoms with van der Waals surface area (Å²) in [6, 6.07) is 10.1. The van der Waals surface area contributed by atoms with E-state index in [1.165, 1.54) is 6.07 Å². The van der Waals surface area contributed by atoms with Crippen molar-refractivity contribution in [3.63, 3.8) is 0 Å². The topological polar surface area (TPSA) is 96.9 Å². The van der Waals surface area contributed by atoms with Gasteiger partial charge in [0.15, 0.2) is 11.5 Å². The summed E-state index contributed by atoms with van der Waals surface area (Å²) in [6.45, 7) is 7.76. The molecule has 1 amide bonds. The Morgan fingerprint density at radius 1 is 1.11 bits per heavy atom. The van der Waals surface area contributed by atoms with Crippen LogP contribution in [0.25, 0.3) is 11.3 Å². The van der Waals surface area contributed by atoms with Gasteiger partial charge in [0, 0.05) is 29.3 Å². The normalized spacial score (nSPS) is 14.8. The molecule has 204 valence electrons. The van der Waals surface area contributed by atoms with E-state index in [0.29, 0.717) is 65.2 Å². The molecule has 0 aliphatic carbocycles. The molecule has 2 aromatic carbocycles. The van der Waals surface area contributed by atoms with Crippen molar-refractivity contribution in [1.82, 2.24) is 15.1 Å². The molecule has 0 bridgehead atoms. The Labute approximate surface area is 228 Å². The number of H-pyrrole nitrogens is 1. The number of rotatable bonds is 13. The first kappa shape index (κ1) is 27.8. The summed E-state index contributed by atoms with van der Waals surface area (Å²) < 4.78 is 17.4. The lowest BCUT2D eigenvalue weighted by atomic mass is 9.95. The molecule has 9 heteroatoms. The summed E-state index contributed by atoms with van der Waals surface area (Å²) in [6.07, 6.45) is 3.97. The number of hydrogen-bond acceptors (Lipinski definition) is 6. The minimum atomic E-state index is -0.452. The second-order valence-corrected chi connectivity index (χ2v) is 10.1. The van der Waals surface area contributed by atoms with Crippen LogP contribution in [0.2, 0.25) is 5.02 Å². The van der Waals surface area contributed by atoms with E-state index >= 15 is 0 Å². The summed E-state index contributed by atoms with van der Waals surface area (Å²) in [7, 11) is 1.61. The van der Waals surface area contributed by atoms with Crippen LogP contribution in [0, 0.1) is 0 Å². The fourth-order valence-electron chi connectivity index (χ4n) is 4.74. The molecule has 0 radical (unpaired) electrons. The maximum absolute atomic E-state index is 13.6. The van der Waals surface area contributed by atoms with E-state index < -0.39 is 6.04 Å². The highest BCUT2D eigenvalue weighted by Crippen LogP contribution is 2.46. The van der Waals surface area contributed by atoms with E-state index in [-0.39, 0.29) is 17.8 Å². The van der Waals surface area contributed by atoms with Crippen molar-refractivity contribution in [2.24, 2.45) is 0 Å². The van der Waals surface area contributed by atoms with Gasteiger partial charge in [-0.3, -0.25) is 9.89 Å². The second-order valence-electron chi connectivity index (χ2n) is 9.66. The van der Waals surface area contributed by atoms with E-state index in [0.717, 1.165) is 24.8 Å². The largest absolute Gasteiger partial charge is 0.507 e. The van der Waals surface area contributed by atoms with Crippen LogP contribution in [0.4, 0.5) is 0 Å². The van der Waals surface area contributed by atoms with Gasteiger partial charge in [-0.2, -0.15) is 5.10 Å². The Bertz CT molecular complexity index is 1260. The minimum absolute atomic E-state index is 0.0343. The van der Waals surface area contributed by atoms with E-state index in [1.807, 2.05) is 36.9 Å². The smallest absolute Gasteiger partial charge is 0.273 e. The molecule has 2 heterocycles. The van der Waals surface area contributed by atoms with Crippen LogP contribution in [0.5, 0.6) is 17.2 Å². The molecule has 1 unspecified atom stereocenters. The zero-order chi connectivity index (χ0) is 27.2. The van der Waals surface area contributed by atoms with Crippen molar-refractivity contribution in [3.05, 3.63) is 58.2 Å². The highest BCUT2D eigenvalue weighted by Gasteiger charge is 2.42. The van der Waals surface area contributed by atoms with Crippen LogP contribution >= 0.6 is 11.6 Å². The Morgan fingerprint density at radius 3 is 2.66 bits per heavy atom. The lowest BCUT2D eigenvalue weighted by Crippen LogP contribution is -2.31. The van der Waals surface area contributed by atoms with Gasteiger partial charge >= 0.3 is 0 Å². The van der Waals surface area contributed by atoms with E-state index in [9.17, 15) is 9.90 Å². The summed E-state index contributed by atoms with van der Waals surface area (Å²) in [5, 5.41) is 18.4. The summed E-state index contributed by atoms with van der Waals surface area (Å²) in [4.78, 5) is 15.4. The van der Waals surface area contributed by atoms with Crippen molar-refractivity contribution in [1.29, 1.82) is 0 Å². The third-order valence-corrected chi connectivity index (χ3v) is 6.82. The van der Waals surface area contributed by atoms with Gasteiger partial charge < -0.3 is 24.2 Å². The van der Waals surface area contributed by atoms with Crippen LogP contribution in [0.1, 0.15) is 74.1 Å². The summed E-state index contributed by atoms with van der Waals surface area (Å²) in [5.41, 5.74) is 2.88. The van der Waals surface area contributed by atoms with E-state index in [4.69, 9.17) is 25.8 Å². The van der Waals surface area contributed by atoms with Gasteiger partial charge in [0.05, 0.1) is 25.9 Å². The number of aromatic nitrogens is 2. The maximum atomic E-state index is 13.6. The number of fused-ring (bicyclic) bond motifs is 1. The number of unbranched alkanes of at least 4 members (excludes halogenated alkanes) is 2. The number of aromatic amines is 1. The number of ether oxygens (including phenoxy) is 3. The van der Waals surface area contributed by atoms with Crippen LogP contribution in [-0.4, -0.2) is 59.1 Å². The third kappa shape index (κ3) is 5.92. The van der Waals surface area contributed by atoms with Crippen LogP contribution in [-0.2, 0) is 4.74 Å². The fraction of sp³-hybridized carbons (Fsp3) is 0.448. The highest BCUT2D eigenvalue weighted by atomic mass is 35.5. The average molecular weight is 542 g/mol. The van der Waals surface area contributed by atoms with E-state index in [1.54, 1.807) is 19.2 Å². The number of aromatic hydroxyl groups is 1. The van der Waals surface area contributed by atoms with Gasteiger partial charge in [0.1, 0.15) is 17.1 Å². The van der Waals surface area contributed by atoms with Crippen LogP contribution < -0.4 is 9.47 Å². The Kier molecular flexibility index (Phi) is 9.17. The van der Waals surface area contributed by atoms with Gasteiger partial charge in [0.2, 0.25) is 0 Å². The van der Waals surface area contributed by atoms with E-state index in [2.05, 4.69) is 17.1 Å². The van der Waals surface area contributed by atoms with Crippen LogP contribution in [0.3, 0.4) is 0 Å².